The van der Waals surface area contributed by atoms with Gasteiger partial charge in [-0.15, -0.1) is 11.6 Å². The minimum absolute atomic E-state index is 0.116. The number of halogens is 3. The van der Waals surface area contributed by atoms with Crippen LogP contribution < -0.4 is 0 Å². The van der Waals surface area contributed by atoms with Gasteiger partial charge < -0.3 is 0 Å². The van der Waals surface area contributed by atoms with Gasteiger partial charge in [-0.3, -0.25) is 0 Å². The van der Waals surface area contributed by atoms with E-state index in [2.05, 4.69) is 0 Å². The lowest BCUT2D eigenvalue weighted by Gasteiger charge is -2.06. The molecule has 8 heavy (non-hydrogen) atoms. The Balaban J connectivity index is 2.41. The van der Waals surface area contributed by atoms with Crippen molar-refractivity contribution in [3.05, 3.63) is 0 Å². The van der Waals surface area contributed by atoms with E-state index in [0.29, 0.717) is 12.8 Å². The molecule has 1 aliphatic carbocycles. The maximum Gasteiger partial charge on any atom is 0.245 e. The summed E-state index contributed by atoms with van der Waals surface area (Å²) in [5, 5.41) is 0. The zero-order valence-electron chi connectivity index (χ0n) is 4.33. The largest absolute Gasteiger partial charge is 0.245 e. The molecule has 0 aliphatic heterocycles. The first-order valence-electron chi connectivity index (χ1n) is 2.55. The highest BCUT2D eigenvalue weighted by atomic mass is 35.5. The first-order chi connectivity index (χ1) is 3.71. The van der Waals surface area contributed by atoms with Crippen molar-refractivity contribution >= 4 is 11.6 Å². The summed E-state index contributed by atoms with van der Waals surface area (Å²) < 4.78 is 23.6. The molecule has 3 heteroatoms. The van der Waals surface area contributed by atoms with Crippen molar-refractivity contribution in [3.8, 4) is 0 Å². The van der Waals surface area contributed by atoms with E-state index in [1.54, 1.807) is 0 Å². The smallest absolute Gasteiger partial charge is 0.210 e. The van der Waals surface area contributed by atoms with Gasteiger partial charge in [0.05, 0.1) is 0 Å². The van der Waals surface area contributed by atoms with Crippen LogP contribution in [-0.4, -0.2) is 12.3 Å². The summed E-state index contributed by atoms with van der Waals surface area (Å²) in [5.41, 5.74) is -0.776. The van der Waals surface area contributed by atoms with Crippen LogP contribution in [0.4, 0.5) is 8.78 Å². The van der Waals surface area contributed by atoms with Crippen LogP contribution >= 0.6 is 11.6 Å². The Morgan fingerprint density at radius 1 is 1.50 bits per heavy atom. The molecule has 0 aromatic rings. The summed E-state index contributed by atoms with van der Waals surface area (Å²) in [6, 6.07) is 0. The second-order valence-corrected chi connectivity index (χ2v) is 2.56. The zero-order valence-corrected chi connectivity index (χ0v) is 5.09. The number of hydrogen-bond acceptors (Lipinski definition) is 0. The van der Waals surface area contributed by atoms with Crippen LogP contribution in [0.1, 0.15) is 12.8 Å². The maximum absolute atomic E-state index is 11.8. The van der Waals surface area contributed by atoms with Crippen LogP contribution in [0.3, 0.4) is 0 Å². The minimum atomic E-state index is -2.21. The van der Waals surface area contributed by atoms with Gasteiger partial charge in [-0.1, -0.05) is 0 Å². The lowest BCUT2D eigenvalue weighted by Crippen LogP contribution is -2.13. The topological polar surface area (TPSA) is 0 Å². The summed E-state index contributed by atoms with van der Waals surface area (Å²) in [7, 11) is 0. The predicted molar refractivity (Wildman–Crippen MR) is 28.4 cm³/mol. The van der Waals surface area contributed by atoms with E-state index in [1.807, 2.05) is 0 Å². The zero-order chi connectivity index (χ0) is 6.20. The van der Waals surface area contributed by atoms with Crippen LogP contribution in [-0.2, 0) is 0 Å². The molecule has 0 unspecified atom stereocenters. The maximum atomic E-state index is 11.8. The third-order valence-electron chi connectivity index (χ3n) is 1.62. The van der Waals surface area contributed by atoms with Crippen LogP contribution in [0.25, 0.3) is 0 Å². The van der Waals surface area contributed by atoms with Crippen molar-refractivity contribution in [2.75, 3.05) is 5.88 Å². The van der Waals surface area contributed by atoms with Crippen molar-refractivity contribution in [2.45, 2.75) is 19.3 Å². The Morgan fingerprint density at radius 2 is 2.00 bits per heavy atom. The lowest BCUT2D eigenvalue weighted by molar-refractivity contribution is 0.0740. The Hall–Kier alpha value is 0.150. The molecular formula is C5H7ClF2. The molecule has 0 nitrogen and oxygen atoms in total. The van der Waals surface area contributed by atoms with Crippen molar-refractivity contribution in [3.63, 3.8) is 0 Å². The van der Waals surface area contributed by atoms with Crippen molar-refractivity contribution in [1.29, 1.82) is 0 Å². The van der Waals surface area contributed by atoms with Crippen LogP contribution in [0, 0.1) is 5.41 Å². The Bertz CT molecular complexity index is 88.4. The van der Waals surface area contributed by atoms with Gasteiger partial charge in [-0.05, 0) is 12.8 Å². The second kappa shape index (κ2) is 1.83. The van der Waals surface area contributed by atoms with E-state index < -0.39 is 11.8 Å². The average Bonchev–Trinajstić information content (AvgIpc) is 2.44. The molecule has 0 saturated heterocycles. The first kappa shape index (κ1) is 6.27. The summed E-state index contributed by atoms with van der Waals surface area (Å²) >= 11 is 5.27. The van der Waals surface area contributed by atoms with Crippen LogP contribution in [0.15, 0.2) is 0 Å². The van der Waals surface area contributed by atoms with E-state index in [0.717, 1.165) is 0 Å². The summed E-state index contributed by atoms with van der Waals surface area (Å²) in [6.45, 7) is 0. The molecule has 0 aromatic heterocycles. The molecule has 1 rings (SSSR count). The lowest BCUT2D eigenvalue weighted by atomic mass is 10.2. The Morgan fingerprint density at radius 3 is 2.00 bits per heavy atom. The minimum Gasteiger partial charge on any atom is -0.210 e. The molecule has 0 amide bonds. The van der Waals surface area contributed by atoms with Gasteiger partial charge in [0.25, 0.3) is 0 Å². The third-order valence-corrected chi connectivity index (χ3v) is 2.15. The van der Waals surface area contributed by atoms with Crippen molar-refractivity contribution in [2.24, 2.45) is 5.41 Å². The Kier molecular flexibility index (Phi) is 1.44. The molecule has 0 bridgehead atoms. The summed E-state index contributed by atoms with van der Waals surface area (Å²) in [4.78, 5) is 0. The molecular weight excluding hydrogens is 134 g/mol. The highest BCUT2D eigenvalue weighted by Crippen LogP contribution is 2.51. The highest BCUT2D eigenvalue weighted by molar-refractivity contribution is 6.18. The molecule has 0 N–H and O–H groups in total. The summed E-state index contributed by atoms with van der Waals surface area (Å²) in [6.07, 6.45) is -0.998. The standard InChI is InChI=1S/C5H7ClF2/c6-3-5(1-2-5)4(7)8/h4H,1-3H2. The van der Waals surface area contributed by atoms with E-state index >= 15 is 0 Å². The molecule has 1 aliphatic rings. The highest BCUT2D eigenvalue weighted by Gasteiger charge is 2.50. The fourth-order valence-corrected chi connectivity index (χ4v) is 0.955. The van der Waals surface area contributed by atoms with E-state index in [1.165, 1.54) is 0 Å². The molecule has 0 aromatic carbocycles. The van der Waals surface area contributed by atoms with E-state index in [-0.39, 0.29) is 5.88 Å². The molecule has 0 radical (unpaired) electrons. The molecule has 1 saturated carbocycles. The second-order valence-electron chi connectivity index (χ2n) is 2.30. The molecule has 0 heterocycles. The molecule has 48 valence electrons. The van der Waals surface area contributed by atoms with Gasteiger partial charge in [-0.2, -0.15) is 0 Å². The van der Waals surface area contributed by atoms with Crippen molar-refractivity contribution in [1.82, 2.24) is 0 Å². The monoisotopic (exact) mass is 140 g/mol. The average molecular weight is 141 g/mol. The normalized spacial score (nSPS) is 24.0. The van der Waals surface area contributed by atoms with E-state index in [4.69, 9.17) is 11.6 Å². The SMILES string of the molecule is FC(F)C1(CCl)CC1. The quantitative estimate of drug-likeness (QED) is 0.517. The Labute approximate surface area is 51.8 Å². The fourth-order valence-electron chi connectivity index (χ4n) is 0.571. The summed E-state index contributed by atoms with van der Waals surface area (Å²) in [5.74, 6) is 0.116. The van der Waals surface area contributed by atoms with Crippen LogP contribution in [0.5, 0.6) is 0 Å². The van der Waals surface area contributed by atoms with Crippen molar-refractivity contribution < 1.29 is 8.78 Å². The third kappa shape index (κ3) is 0.815. The van der Waals surface area contributed by atoms with Gasteiger partial charge in [0.15, 0.2) is 0 Å². The number of alkyl halides is 3. The van der Waals surface area contributed by atoms with Gasteiger partial charge >= 0.3 is 0 Å². The fraction of sp³-hybridized carbons (Fsp3) is 1.00. The van der Waals surface area contributed by atoms with Gasteiger partial charge in [0.2, 0.25) is 6.43 Å². The molecule has 0 spiro atoms. The van der Waals surface area contributed by atoms with E-state index in [9.17, 15) is 8.78 Å². The van der Waals surface area contributed by atoms with Gasteiger partial charge in [-0.25, -0.2) is 8.78 Å². The number of rotatable bonds is 2. The molecule has 1 fully saturated rings. The predicted octanol–water partition coefficient (Wildman–Crippen LogP) is 2.27. The van der Waals surface area contributed by atoms with Gasteiger partial charge in [0, 0.05) is 11.3 Å². The van der Waals surface area contributed by atoms with Crippen LogP contribution in [0.2, 0.25) is 0 Å². The molecule has 0 atom stereocenters. The first-order valence-corrected chi connectivity index (χ1v) is 3.09. The number of hydrogen-bond donors (Lipinski definition) is 0. The van der Waals surface area contributed by atoms with Gasteiger partial charge in [0.1, 0.15) is 0 Å².